The Bertz CT molecular complexity index is 947. The van der Waals surface area contributed by atoms with Crippen LogP contribution in [0.2, 0.25) is 0 Å². The molecule has 1 aromatic carbocycles. The molecule has 0 saturated carbocycles. The van der Waals surface area contributed by atoms with E-state index in [9.17, 15) is 14.4 Å². The minimum absolute atomic E-state index is 0.0103. The molecule has 7 heteroatoms. The van der Waals surface area contributed by atoms with Crippen molar-refractivity contribution >= 4 is 18.1 Å². The van der Waals surface area contributed by atoms with E-state index in [0.29, 0.717) is 18.0 Å². The predicted molar refractivity (Wildman–Crippen MR) is 98.8 cm³/mol. The van der Waals surface area contributed by atoms with E-state index in [4.69, 9.17) is 9.47 Å². The van der Waals surface area contributed by atoms with Crippen LogP contribution in [0.4, 0.5) is 0 Å². The van der Waals surface area contributed by atoms with E-state index in [1.165, 1.54) is 0 Å². The van der Waals surface area contributed by atoms with Gasteiger partial charge in [0, 0.05) is 18.5 Å². The highest BCUT2D eigenvalue weighted by molar-refractivity contribution is 5.98. The maximum atomic E-state index is 13.6. The summed E-state index contributed by atoms with van der Waals surface area (Å²) in [6.45, 7) is 6.36. The van der Waals surface area contributed by atoms with E-state index < -0.39 is 17.0 Å². The zero-order valence-corrected chi connectivity index (χ0v) is 16.1. The van der Waals surface area contributed by atoms with Crippen molar-refractivity contribution in [2.24, 2.45) is 0 Å². The highest BCUT2D eigenvalue weighted by Crippen LogP contribution is 2.55. The summed E-state index contributed by atoms with van der Waals surface area (Å²) >= 11 is 0. The van der Waals surface area contributed by atoms with Crippen LogP contribution < -0.4 is 9.47 Å². The van der Waals surface area contributed by atoms with Gasteiger partial charge in [0.2, 0.25) is 19.1 Å². The molecule has 0 N–H and O–H groups in total. The first-order valence-electron chi connectivity index (χ1n) is 9.46. The van der Waals surface area contributed by atoms with Gasteiger partial charge in [-0.3, -0.25) is 14.4 Å². The number of carbonyl (C=O) groups excluding carboxylic acids is 3. The standard InChI is InChI=1S/C21H22N2O5/c1-20(2,3)23-17-7-13(25)4-5-21(17)14-8-16-15(27-11-28-16)6-12(14)9-22(10-24)18(21)19(23)26/h4-6,8,10,17-18H,7,9,11H2,1-3H3/t17-,18+,21?/m0/s1. The summed E-state index contributed by atoms with van der Waals surface area (Å²) in [5, 5.41) is 0. The molecule has 3 heterocycles. The second kappa shape index (κ2) is 5.37. The zero-order chi connectivity index (χ0) is 19.8. The van der Waals surface area contributed by atoms with E-state index >= 15 is 0 Å². The highest BCUT2D eigenvalue weighted by atomic mass is 16.7. The number of hydrogen-bond acceptors (Lipinski definition) is 5. The maximum absolute atomic E-state index is 13.6. The Labute approximate surface area is 162 Å². The fourth-order valence-corrected chi connectivity index (χ4v) is 5.37. The van der Waals surface area contributed by atoms with Gasteiger partial charge in [0.05, 0.1) is 11.5 Å². The third kappa shape index (κ3) is 2.02. The number of rotatable bonds is 1. The van der Waals surface area contributed by atoms with Crippen molar-refractivity contribution in [3.8, 4) is 11.5 Å². The van der Waals surface area contributed by atoms with E-state index in [1.807, 2.05) is 39.0 Å². The number of likely N-dealkylation sites (tertiary alicyclic amines) is 1. The van der Waals surface area contributed by atoms with Crippen molar-refractivity contribution in [2.75, 3.05) is 6.79 Å². The zero-order valence-electron chi connectivity index (χ0n) is 16.1. The largest absolute Gasteiger partial charge is 0.454 e. The number of hydrogen-bond donors (Lipinski definition) is 0. The fourth-order valence-electron chi connectivity index (χ4n) is 5.37. The van der Waals surface area contributed by atoms with Crippen LogP contribution in [0, 0.1) is 0 Å². The van der Waals surface area contributed by atoms with Crippen LogP contribution in [0.15, 0.2) is 24.3 Å². The third-order valence-corrected chi connectivity index (χ3v) is 6.33. The van der Waals surface area contributed by atoms with Crippen LogP contribution in [0.25, 0.3) is 0 Å². The van der Waals surface area contributed by atoms with Crippen molar-refractivity contribution in [3.63, 3.8) is 0 Å². The van der Waals surface area contributed by atoms with E-state index in [2.05, 4.69) is 0 Å². The Kier molecular flexibility index (Phi) is 3.31. The second-order valence-corrected chi connectivity index (χ2v) is 8.87. The molecule has 146 valence electrons. The summed E-state index contributed by atoms with van der Waals surface area (Å²) in [4.78, 5) is 41.3. The lowest BCUT2D eigenvalue weighted by molar-refractivity contribution is -0.141. The van der Waals surface area contributed by atoms with Gasteiger partial charge in [-0.15, -0.1) is 0 Å². The Morgan fingerprint density at radius 1 is 1.18 bits per heavy atom. The van der Waals surface area contributed by atoms with Crippen LogP contribution in [0.5, 0.6) is 11.5 Å². The molecule has 1 aromatic rings. The van der Waals surface area contributed by atoms with Crippen molar-refractivity contribution in [3.05, 3.63) is 35.4 Å². The number of nitrogens with zero attached hydrogens (tertiary/aromatic N) is 2. The van der Waals surface area contributed by atoms with Gasteiger partial charge in [0.1, 0.15) is 6.04 Å². The normalized spacial score (nSPS) is 30.2. The van der Waals surface area contributed by atoms with Crippen molar-refractivity contribution < 1.29 is 23.9 Å². The summed E-state index contributed by atoms with van der Waals surface area (Å²) in [5.74, 6) is 1.15. The number of ether oxygens (including phenoxy) is 2. The van der Waals surface area contributed by atoms with Gasteiger partial charge in [-0.05, 0) is 50.1 Å². The van der Waals surface area contributed by atoms with Crippen molar-refractivity contribution in [2.45, 2.75) is 56.8 Å². The Hall–Kier alpha value is -2.83. The monoisotopic (exact) mass is 382 g/mol. The molecule has 1 saturated heterocycles. The van der Waals surface area contributed by atoms with E-state index in [-0.39, 0.29) is 30.9 Å². The average molecular weight is 382 g/mol. The molecule has 3 aliphatic heterocycles. The number of amides is 2. The molecule has 1 fully saturated rings. The molecule has 2 amide bonds. The highest BCUT2D eigenvalue weighted by Gasteiger charge is 2.66. The molecule has 0 aromatic heterocycles. The molecular formula is C21H22N2O5. The number of allylic oxidation sites excluding steroid dienone is 1. The van der Waals surface area contributed by atoms with Crippen LogP contribution in [0.3, 0.4) is 0 Å². The first-order chi connectivity index (χ1) is 13.3. The van der Waals surface area contributed by atoms with Gasteiger partial charge in [0.15, 0.2) is 17.3 Å². The summed E-state index contributed by atoms with van der Waals surface area (Å²) in [7, 11) is 0. The number of benzene rings is 1. The van der Waals surface area contributed by atoms with Crippen molar-refractivity contribution in [1.82, 2.24) is 9.80 Å². The van der Waals surface area contributed by atoms with Gasteiger partial charge in [-0.25, -0.2) is 0 Å². The van der Waals surface area contributed by atoms with Gasteiger partial charge in [-0.1, -0.05) is 6.08 Å². The van der Waals surface area contributed by atoms with Crippen LogP contribution in [0.1, 0.15) is 38.3 Å². The Balaban J connectivity index is 1.81. The summed E-state index contributed by atoms with van der Waals surface area (Å²) in [6.07, 6.45) is 4.38. The summed E-state index contributed by atoms with van der Waals surface area (Å²) in [6, 6.07) is 2.79. The maximum Gasteiger partial charge on any atom is 0.247 e. The lowest BCUT2D eigenvalue weighted by Gasteiger charge is -2.47. The molecule has 28 heavy (non-hydrogen) atoms. The van der Waals surface area contributed by atoms with Crippen LogP contribution >= 0.6 is 0 Å². The first kappa shape index (κ1) is 17.3. The number of ketones is 1. The molecule has 5 rings (SSSR count). The minimum atomic E-state index is -0.784. The first-order valence-corrected chi connectivity index (χ1v) is 9.46. The van der Waals surface area contributed by atoms with Crippen LogP contribution in [-0.4, -0.2) is 52.3 Å². The van der Waals surface area contributed by atoms with Gasteiger partial charge in [0.25, 0.3) is 0 Å². The van der Waals surface area contributed by atoms with E-state index in [0.717, 1.165) is 17.5 Å². The topological polar surface area (TPSA) is 76.2 Å². The molecule has 0 radical (unpaired) electrons. The quantitative estimate of drug-likeness (QED) is 0.689. The third-order valence-electron chi connectivity index (χ3n) is 6.33. The lowest BCUT2D eigenvalue weighted by Crippen LogP contribution is -2.57. The molecule has 7 nitrogen and oxygen atoms in total. The molecule has 1 unspecified atom stereocenters. The van der Waals surface area contributed by atoms with Gasteiger partial charge >= 0.3 is 0 Å². The fraction of sp³-hybridized carbons (Fsp3) is 0.476. The number of fused-ring (bicyclic) bond motifs is 2. The molecule has 1 aliphatic carbocycles. The average Bonchev–Trinajstić information content (AvgIpc) is 3.18. The molecule has 0 bridgehead atoms. The molecular weight excluding hydrogens is 360 g/mol. The smallest absolute Gasteiger partial charge is 0.247 e. The second-order valence-electron chi connectivity index (χ2n) is 8.87. The molecule has 1 spiro atoms. The Morgan fingerprint density at radius 3 is 2.57 bits per heavy atom. The van der Waals surface area contributed by atoms with Gasteiger partial charge < -0.3 is 19.3 Å². The predicted octanol–water partition coefficient (Wildman–Crippen LogP) is 1.53. The van der Waals surface area contributed by atoms with Crippen molar-refractivity contribution in [1.29, 1.82) is 0 Å². The SMILES string of the molecule is CC(C)(C)N1C(=O)[C@H]2N(C=O)Cc3cc4c(cc3C23C=CC(=O)C[C@H]13)OCO4. The molecule has 4 aliphatic rings. The number of carbonyl (C=O) groups is 3. The van der Waals surface area contributed by atoms with Crippen LogP contribution in [-0.2, 0) is 26.3 Å². The molecule has 3 atom stereocenters. The minimum Gasteiger partial charge on any atom is -0.454 e. The summed E-state index contributed by atoms with van der Waals surface area (Å²) < 4.78 is 11.1. The van der Waals surface area contributed by atoms with E-state index in [1.54, 1.807) is 15.9 Å². The summed E-state index contributed by atoms with van der Waals surface area (Å²) in [5.41, 5.74) is 0.588. The Morgan fingerprint density at radius 2 is 1.89 bits per heavy atom. The van der Waals surface area contributed by atoms with Gasteiger partial charge in [-0.2, -0.15) is 0 Å². The lowest BCUT2D eigenvalue weighted by atomic mass is 9.63.